The largest absolute Gasteiger partial charge is 0.396 e. The molecule has 0 aliphatic heterocycles. The summed E-state index contributed by atoms with van der Waals surface area (Å²) in [5.41, 5.74) is 0.509. The monoisotopic (exact) mass is 189 g/mol. The van der Waals surface area contributed by atoms with E-state index in [-0.39, 0.29) is 5.82 Å². The molecule has 1 rings (SSSR count). The van der Waals surface area contributed by atoms with Crippen molar-refractivity contribution in [1.29, 1.82) is 0 Å². The van der Waals surface area contributed by atoms with Crippen LogP contribution in [0, 0.1) is 6.07 Å². The summed E-state index contributed by atoms with van der Waals surface area (Å²) in [6.45, 7) is 1.80. The van der Waals surface area contributed by atoms with E-state index >= 15 is 0 Å². The van der Waals surface area contributed by atoms with Crippen LogP contribution in [0.3, 0.4) is 0 Å². The van der Waals surface area contributed by atoms with E-state index in [1.165, 1.54) is 6.20 Å². The van der Waals surface area contributed by atoms with Gasteiger partial charge in [-0.15, -0.1) is 0 Å². The van der Waals surface area contributed by atoms with Crippen LogP contribution in [-0.4, -0.2) is 16.1 Å². The van der Waals surface area contributed by atoms with Crippen LogP contribution in [-0.2, 0) is 12.8 Å². The summed E-state index contributed by atoms with van der Waals surface area (Å²) < 4.78 is 35.7. The van der Waals surface area contributed by atoms with Crippen LogP contribution in [0.25, 0.3) is 0 Å². The molecule has 1 aromatic rings. The van der Waals surface area contributed by atoms with Crippen molar-refractivity contribution < 1.29 is 13.2 Å². The predicted molar refractivity (Wildman–Crippen MR) is 40.0 cm³/mol. The minimum absolute atomic E-state index is 0.192. The van der Waals surface area contributed by atoms with Gasteiger partial charge in [0, 0.05) is 12.3 Å². The van der Waals surface area contributed by atoms with E-state index in [4.69, 9.17) is 0 Å². The van der Waals surface area contributed by atoms with Crippen molar-refractivity contribution in [3.05, 3.63) is 23.8 Å². The molecule has 0 saturated heterocycles. The van der Waals surface area contributed by atoms with E-state index in [0.717, 1.165) is 0 Å². The van der Waals surface area contributed by atoms with Gasteiger partial charge in [0.15, 0.2) is 0 Å². The molecule has 0 saturated carbocycles. The molecule has 0 N–H and O–H groups in total. The Kier molecular flexibility index (Phi) is 2.85. The maximum Gasteiger partial charge on any atom is 0.396 e. The molecule has 1 radical (unpaired) electrons. The smallest absolute Gasteiger partial charge is 0.240 e. The molecule has 0 unspecified atom stereocenters. The van der Waals surface area contributed by atoms with E-state index in [2.05, 4.69) is 16.0 Å². The zero-order chi connectivity index (χ0) is 9.90. The molecule has 2 nitrogen and oxygen atoms in total. The van der Waals surface area contributed by atoms with E-state index in [1.54, 1.807) is 6.92 Å². The lowest BCUT2D eigenvalue weighted by atomic mass is 10.3. The first-order chi connectivity index (χ1) is 6.01. The van der Waals surface area contributed by atoms with Crippen molar-refractivity contribution in [2.24, 2.45) is 0 Å². The molecule has 1 heterocycles. The molecule has 5 heteroatoms. The summed E-state index contributed by atoms with van der Waals surface area (Å²) in [5.74, 6) is -0.192. The lowest BCUT2D eigenvalue weighted by Gasteiger charge is -2.04. The van der Waals surface area contributed by atoms with Crippen LogP contribution in [0.1, 0.15) is 18.4 Å². The van der Waals surface area contributed by atoms with Crippen molar-refractivity contribution in [3.8, 4) is 0 Å². The van der Waals surface area contributed by atoms with Gasteiger partial charge >= 0.3 is 6.18 Å². The van der Waals surface area contributed by atoms with Crippen molar-refractivity contribution in [2.75, 3.05) is 0 Å². The van der Waals surface area contributed by atoms with E-state index in [0.29, 0.717) is 12.1 Å². The highest BCUT2D eigenvalue weighted by molar-refractivity contribution is 5.00. The lowest BCUT2D eigenvalue weighted by molar-refractivity contribution is -0.128. The van der Waals surface area contributed by atoms with Gasteiger partial charge in [-0.1, -0.05) is 6.92 Å². The third-order valence-corrected chi connectivity index (χ3v) is 1.40. The summed E-state index contributed by atoms with van der Waals surface area (Å²) in [6.07, 6.45) is -3.53. The topological polar surface area (TPSA) is 25.8 Å². The third-order valence-electron chi connectivity index (χ3n) is 1.40. The Bertz CT molecular complexity index is 283. The Labute approximate surface area is 73.8 Å². The highest BCUT2D eigenvalue weighted by atomic mass is 19.4. The summed E-state index contributed by atoms with van der Waals surface area (Å²) in [4.78, 5) is 7.18. The average molecular weight is 189 g/mol. The highest BCUT2D eigenvalue weighted by Gasteiger charge is 2.29. The Hall–Kier alpha value is -1.13. The van der Waals surface area contributed by atoms with Gasteiger partial charge in [-0.3, -0.25) is 0 Å². The first-order valence-corrected chi connectivity index (χ1v) is 3.80. The Morgan fingerprint density at radius 1 is 1.46 bits per heavy atom. The molecule has 0 bridgehead atoms. The highest BCUT2D eigenvalue weighted by Crippen LogP contribution is 2.18. The Morgan fingerprint density at radius 3 is 2.69 bits per heavy atom. The normalized spacial score (nSPS) is 11.7. The SMILES string of the molecule is CCc1[c]cnc(CC(F)(F)F)n1. The molecule has 1 aromatic heterocycles. The zero-order valence-electron chi connectivity index (χ0n) is 7.02. The van der Waals surface area contributed by atoms with Crippen molar-refractivity contribution >= 4 is 0 Å². The molecule has 0 aromatic carbocycles. The molecule has 0 atom stereocenters. The number of alkyl halides is 3. The Morgan fingerprint density at radius 2 is 2.15 bits per heavy atom. The summed E-state index contributed by atoms with van der Waals surface area (Å²) >= 11 is 0. The quantitative estimate of drug-likeness (QED) is 0.710. The van der Waals surface area contributed by atoms with Crippen LogP contribution in [0.2, 0.25) is 0 Å². The van der Waals surface area contributed by atoms with Crippen LogP contribution in [0.4, 0.5) is 13.2 Å². The number of hydrogen-bond donors (Lipinski definition) is 0. The fraction of sp³-hybridized carbons (Fsp3) is 0.500. The van der Waals surface area contributed by atoms with E-state index in [9.17, 15) is 13.2 Å². The molecule has 0 fully saturated rings. The fourth-order valence-corrected chi connectivity index (χ4v) is 0.844. The number of aromatic nitrogens is 2. The van der Waals surface area contributed by atoms with E-state index < -0.39 is 12.6 Å². The number of halogens is 3. The first-order valence-electron chi connectivity index (χ1n) is 3.80. The van der Waals surface area contributed by atoms with Gasteiger partial charge in [-0.05, 0) is 6.42 Å². The summed E-state index contributed by atoms with van der Waals surface area (Å²) in [5, 5.41) is 0. The second-order valence-electron chi connectivity index (χ2n) is 2.52. The van der Waals surface area contributed by atoms with Gasteiger partial charge in [0.1, 0.15) is 12.2 Å². The molecular formula is C8H8F3N2. The maximum atomic E-state index is 11.9. The standard InChI is InChI=1S/C8H8F3N2/c1-2-6-3-4-12-7(13-6)5-8(9,10)11/h4H,2,5H2,1H3. The average Bonchev–Trinajstić information content (AvgIpc) is 2.01. The fourth-order valence-electron chi connectivity index (χ4n) is 0.844. The van der Waals surface area contributed by atoms with Crippen LogP contribution < -0.4 is 0 Å². The minimum atomic E-state index is -4.24. The number of aryl methyl sites for hydroxylation is 1. The van der Waals surface area contributed by atoms with Crippen molar-refractivity contribution in [3.63, 3.8) is 0 Å². The van der Waals surface area contributed by atoms with Crippen LogP contribution >= 0.6 is 0 Å². The Balaban J connectivity index is 2.78. The van der Waals surface area contributed by atoms with Gasteiger partial charge in [-0.25, -0.2) is 9.97 Å². The van der Waals surface area contributed by atoms with Crippen molar-refractivity contribution in [2.45, 2.75) is 25.9 Å². The third kappa shape index (κ3) is 3.40. The molecule has 71 valence electrons. The summed E-state index contributed by atoms with van der Waals surface area (Å²) in [7, 11) is 0. The summed E-state index contributed by atoms with van der Waals surface area (Å²) in [6, 6.07) is 2.65. The lowest BCUT2D eigenvalue weighted by Crippen LogP contribution is -2.14. The van der Waals surface area contributed by atoms with Crippen LogP contribution in [0.5, 0.6) is 0 Å². The maximum absolute atomic E-state index is 11.9. The van der Waals surface area contributed by atoms with Gasteiger partial charge < -0.3 is 0 Å². The molecule has 0 spiro atoms. The van der Waals surface area contributed by atoms with Gasteiger partial charge in [0.2, 0.25) is 0 Å². The number of hydrogen-bond acceptors (Lipinski definition) is 2. The molecule has 0 amide bonds. The molecule has 0 aliphatic carbocycles. The van der Waals surface area contributed by atoms with Crippen LogP contribution in [0.15, 0.2) is 6.20 Å². The second kappa shape index (κ2) is 3.72. The molecular weight excluding hydrogens is 181 g/mol. The molecule has 13 heavy (non-hydrogen) atoms. The van der Waals surface area contributed by atoms with Gasteiger partial charge in [0.05, 0.1) is 5.69 Å². The van der Waals surface area contributed by atoms with Crippen molar-refractivity contribution in [1.82, 2.24) is 9.97 Å². The van der Waals surface area contributed by atoms with Gasteiger partial charge in [-0.2, -0.15) is 13.2 Å². The first kappa shape index (κ1) is 9.95. The minimum Gasteiger partial charge on any atom is -0.240 e. The number of nitrogens with zero attached hydrogens (tertiary/aromatic N) is 2. The zero-order valence-corrected chi connectivity index (χ0v) is 7.02. The second-order valence-corrected chi connectivity index (χ2v) is 2.52. The molecule has 0 aliphatic rings. The van der Waals surface area contributed by atoms with E-state index in [1.807, 2.05) is 0 Å². The number of rotatable bonds is 2. The predicted octanol–water partition coefficient (Wildman–Crippen LogP) is 1.94. The van der Waals surface area contributed by atoms with Gasteiger partial charge in [0.25, 0.3) is 0 Å².